The van der Waals surface area contributed by atoms with Gasteiger partial charge in [0, 0.05) is 0 Å². The van der Waals surface area contributed by atoms with Crippen LogP contribution in [-0.4, -0.2) is 71.2 Å². The average Bonchev–Trinajstić information content (AvgIpc) is 3.22. The van der Waals surface area contributed by atoms with E-state index in [1.54, 1.807) is 6.92 Å². The van der Waals surface area contributed by atoms with E-state index >= 15 is 0 Å². The average molecular weight is 429 g/mol. The molecular formula is C20H36N4O6. The molecule has 10 nitrogen and oxygen atoms in total. The summed E-state index contributed by atoms with van der Waals surface area (Å²) in [4.78, 5) is 49.1. The highest BCUT2D eigenvalue weighted by molar-refractivity contribution is 5.94. The fourth-order valence-electron chi connectivity index (χ4n) is 3.29. The Balaban J connectivity index is 2.82. The summed E-state index contributed by atoms with van der Waals surface area (Å²) in [6.07, 6.45) is 2.34. The van der Waals surface area contributed by atoms with Crippen LogP contribution in [0.2, 0.25) is 0 Å². The first kappa shape index (κ1) is 25.8. The first-order valence-corrected chi connectivity index (χ1v) is 10.6. The lowest BCUT2D eigenvalue weighted by molar-refractivity contribution is -0.144. The van der Waals surface area contributed by atoms with Crippen LogP contribution >= 0.6 is 0 Å². The largest absolute Gasteiger partial charge is 0.480 e. The fraction of sp³-hybridized carbons (Fsp3) is 0.800. The summed E-state index contributed by atoms with van der Waals surface area (Å²) < 4.78 is 0. The standard InChI is InChI=1S/C20H36N4O6/c1-5-12(4)16(20(29)30)24-18(27)14(9-11(2)3)22-19(28)15(10-25)23-17(26)13-7-6-8-21-13/h11-16,21,25H,5-10H2,1-4H3,(H,22,28)(H,23,26)(H,24,27)(H,29,30). The Labute approximate surface area is 177 Å². The molecule has 1 aliphatic rings. The van der Waals surface area contributed by atoms with E-state index in [9.17, 15) is 29.4 Å². The fourth-order valence-corrected chi connectivity index (χ4v) is 3.29. The van der Waals surface area contributed by atoms with E-state index in [2.05, 4.69) is 21.3 Å². The molecule has 1 fully saturated rings. The van der Waals surface area contributed by atoms with Crippen LogP contribution in [0.25, 0.3) is 0 Å². The molecule has 0 spiro atoms. The molecular weight excluding hydrogens is 392 g/mol. The molecule has 3 amide bonds. The van der Waals surface area contributed by atoms with Crippen molar-refractivity contribution in [3.8, 4) is 0 Å². The lowest BCUT2D eigenvalue weighted by Crippen LogP contribution is -2.58. The van der Waals surface area contributed by atoms with Gasteiger partial charge in [0.1, 0.15) is 18.1 Å². The van der Waals surface area contributed by atoms with Crippen LogP contribution in [-0.2, 0) is 19.2 Å². The number of rotatable bonds is 12. The quantitative estimate of drug-likeness (QED) is 0.241. The van der Waals surface area contributed by atoms with Gasteiger partial charge < -0.3 is 31.5 Å². The van der Waals surface area contributed by atoms with Gasteiger partial charge in [-0.1, -0.05) is 34.1 Å². The maximum atomic E-state index is 12.7. The van der Waals surface area contributed by atoms with Crippen molar-refractivity contribution in [2.24, 2.45) is 11.8 Å². The van der Waals surface area contributed by atoms with Crippen LogP contribution in [0.4, 0.5) is 0 Å². The molecule has 6 N–H and O–H groups in total. The van der Waals surface area contributed by atoms with Crippen LogP contribution in [0.1, 0.15) is 53.4 Å². The Bertz CT molecular complexity index is 606. The van der Waals surface area contributed by atoms with Crippen LogP contribution < -0.4 is 21.3 Å². The van der Waals surface area contributed by atoms with Gasteiger partial charge in [-0.15, -0.1) is 0 Å². The summed E-state index contributed by atoms with van der Waals surface area (Å²) in [5, 5.41) is 29.6. The second-order valence-electron chi connectivity index (χ2n) is 8.29. The number of carbonyl (C=O) groups is 4. The van der Waals surface area contributed by atoms with Gasteiger partial charge in [0.15, 0.2) is 0 Å². The number of amides is 3. The van der Waals surface area contributed by atoms with Gasteiger partial charge >= 0.3 is 5.97 Å². The van der Waals surface area contributed by atoms with E-state index in [1.807, 2.05) is 20.8 Å². The summed E-state index contributed by atoms with van der Waals surface area (Å²) >= 11 is 0. The molecule has 1 saturated heterocycles. The molecule has 0 saturated carbocycles. The second-order valence-corrected chi connectivity index (χ2v) is 8.29. The molecule has 0 aromatic rings. The Kier molecular flexibility index (Phi) is 10.8. The maximum Gasteiger partial charge on any atom is 0.326 e. The number of aliphatic hydroxyl groups is 1. The van der Waals surface area contributed by atoms with Crippen LogP contribution in [0, 0.1) is 11.8 Å². The zero-order valence-electron chi connectivity index (χ0n) is 18.2. The van der Waals surface area contributed by atoms with Crippen molar-refractivity contribution in [2.45, 2.75) is 77.5 Å². The first-order chi connectivity index (χ1) is 14.1. The topological polar surface area (TPSA) is 157 Å². The van der Waals surface area contributed by atoms with Gasteiger partial charge in [-0.05, 0) is 37.6 Å². The highest BCUT2D eigenvalue weighted by Crippen LogP contribution is 2.11. The van der Waals surface area contributed by atoms with Gasteiger partial charge in [-0.2, -0.15) is 0 Å². The molecule has 30 heavy (non-hydrogen) atoms. The van der Waals surface area contributed by atoms with Crippen LogP contribution in [0.15, 0.2) is 0 Å². The lowest BCUT2D eigenvalue weighted by Gasteiger charge is -2.27. The van der Waals surface area contributed by atoms with E-state index < -0.39 is 48.6 Å². The summed E-state index contributed by atoms with van der Waals surface area (Å²) in [5.41, 5.74) is 0. The highest BCUT2D eigenvalue weighted by atomic mass is 16.4. The third kappa shape index (κ3) is 7.91. The normalized spacial score (nSPS) is 20.1. The van der Waals surface area contributed by atoms with Crippen molar-refractivity contribution < 1.29 is 29.4 Å². The van der Waals surface area contributed by atoms with Gasteiger partial charge in [0.2, 0.25) is 17.7 Å². The predicted molar refractivity (Wildman–Crippen MR) is 110 cm³/mol. The molecule has 5 atom stereocenters. The van der Waals surface area contributed by atoms with Crippen molar-refractivity contribution in [3.05, 3.63) is 0 Å². The predicted octanol–water partition coefficient (Wildman–Crippen LogP) is -0.638. The number of carbonyl (C=O) groups excluding carboxylic acids is 3. The van der Waals surface area contributed by atoms with Crippen molar-refractivity contribution in [3.63, 3.8) is 0 Å². The van der Waals surface area contributed by atoms with Crippen molar-refractivity contribution in [2.75, 3.05) is 13.2 Å². The molecule has 0 radical (unpaired) electrons. The molecule has 10 heteroatoms. The third-order valence-corrected chi connectivity index (χ3v) is 5.31. The molecule has 5 unspecified atom stereocenters. The first-order valence-electron chi connectivity index (χ1n) is 10.6. The SMILES string of the molecule is CCC(C)C(NC(=O)C(CC(C)C)NC(=O)C(CO)NC(=O)C1CCCN1)C(=O)O. The third-order valence-electron chi connectivity index (χ3n) is 5.31. The van der Waals surface area contributed by atoms with Crippen molar-refractivity contribution >= 4 is 23.7 Å². The van der Waals surface area contributed by atoms with Gasteiger partial charge in [0.25, 0.3) is 0 Å². The molecule has 0 aliphatic carbocycles. The van der Waals surface area contributed by atoms with Crippen LogP contribution in [0.3, 0.4) is 0 Å². The number of carboxylic acid groups (broad SMARTS) is 1. The molecule has 1 heterocycles. The van der Waals surface area contributed by atoms with Gasteiger partial charge in [-0.25, -0.2) is 4.79 Å². The Morgan fingerprint density at radius 2 is 1.67 bits per heavy atom. The van der Waals surface area contributed by atoms with Gasteiger partial charge in [0.05, 0.1) is 12.6 Å². The maximum absolute atomic E-state index is 12.7. The molecule has 0 bridgehead atoms. The van der Waals surface area contributed by atoms with E-state index in [1.165, 1.54) is 0 Å². The van der Waals surface area contributed by atoms with E-state index in [0.29, 0.717) is 19.4 Å². The smallest absolute Gasteiger partial charge is 0.326 e. The van der Waals surface area contributed by atoms with Gasteiger partial charge in [-0.3, -0.25) is 14.4 Å². The second kappa shape index (κ2) is 12.5. The van der Waals surface area contributed by atoms with Crippen molar-refractivity contribution in [1.29, 1.82) is 0 Å². The van der Waals surface area contributed by atoms with Crippen molar-refractivity contribution in [1.82, 2.24) is 21.3 Å². The van der Waals surface area contributed by atoms with E-state index in [0.717, 1.165) is 6.42 Å². The zero-order valence-corrected chi connectivity index (χ0v) is 18.2. The number of aliphatic hydroxyl groups excluding tert-OH is 1. The molecule has 172 valence electrons. The summed E-state index contributed by atoms with van der Waals surface area (Å²) in [5.74, 6) is -3.07. The number of nitrogens with one attached hydrogen (secondary N) is 4. The minimum absolute atomic E-state index is 0.0396. The Morgan fingerprint density at radius 1 is 1.03 bits per heavy atom. The number of aliphatic carboxylic acids is 1. The number of hydrogen-bond donors (Lipinski definition) is 6. The van der Waals surface area contributed by atoms with E-state index in [4.69, 9.17) is 0 Å². The molecule has 0 aromatic heterocycles. The molecule has 1 aliphatic heterocycles. The highest BCUT2D eigenvalue weighted by Gasteiger charge is 2.32. The van der Waals surface area contributed by atoms with Crippen LogP contribution in [0.5, 0.6) is 0 Å². The molecule has 1 rings (SSSR count). The summed E-state index contributed by atoms with van der Waals surface area (Å²) in [7, 11) is 0. The Hall–Kier alpha value is -2.20. The number of hydrogen-bond acceptors (Lipinski definition) is 6. The Morgan fingerprint density at radius 3 is 2.13 bits per heavy atom. The summed E-state index contributed by atoms with van der Waals surface area (Å²) in [6.45, 7) is 7.38. The lowest BCUT2D eigenvalue weighted by atomic mass is 9.97. The summed E-state index contributed by atoms with van der Waals surface area (Å²) in [6, 6.07) is -3.67. The van der Waals surface area contributed by atoms with E-state index in [-0.39, 0.29) is 24.2 Å². The minimum Gasteiger partial charge on any atom is -0.480 e. The monoisotopic (exact) mass is 428 g/mol. The number of carboxylic acids is 1. The molecule has 0 aromatic carbocycles. The zero-order chi connectivity index (χ0) is 22.8. The minimum atomic E-state index is -1.20.